The number of para-hydroxylation sites is 1. The van der Waals surface area contributed by atoms with E-state index in [1.165, 1.54) is 0 Å². The molecule has 0 atom stereocenters. The number of hydrogen-bond acceptors (Lipinski definition) is 3. The first-order chi connectivity index (χ1) is 8.18. The van der Waals surface area contributed by atoms with Crippen molar-refractivity contribution in [1.82, 2.24) is 0 Å². The number of carbonyl (C=O) groups excluding carboxylic acids is 1. The minimum absolute atomic E-state index is 0.00840. The maximum absolute atomic E-state index is 11.7. The van der Waals surface area contributed by atoms with Crippen molar-refractivity contribution in [3.63, 3.8) is 0 Å². The summed E-state index contributed by atoms with van der Waals surface area (Å²) in [5.74, 6) is 0.171. The number of hydrogen-bond donors (Lipinski definition) is 1. The van der Waals surface area contributed by atoms with E-state index in [0.717, 1.165) is 12.1 Å². The fraction of sp³-hybridized carbons (Fsp3) is 0.286. The number of aliphatic hydroxyl groups excluding tert-OH is 1. The summed E-state index contributed by atoms with van der Waals surface area (Å²) in [4.78, 5) is 16.1. The van der Waals surface area contributed by atoms with Crippen LogP contribution in [-0.2, 0) is 4.79 Å². The number of aliphatic hydroxyl groups is 1. The van der Waals surface area contributed by atoms with E-state index in [1.807, 2.05) is 30.3 Å². The van der Waals surface area contributed by atoms with Crippen LogP contribution in [0.15, 0.2) is 46.7 Å². The zero-order valence-electron chi connectivity index (χ0n) is 9.81. The monoisotopic (exact) mass is 229 g/mol. The Morgan fingerprint density at radius 3 is 2.59 bits per heavy atom. The number of aliphatic imine (C=N–C) groups is 1. The first-order valence-electron chi connectivity index (χ1n) is 5.74. The molecule has 3 heteroatoms. The van der Waals surface area contributed by atoms with Gasteiger partial charge in [-0.15, -0.1) is 0 Å². The maximum Gasteiger partial charge on any atom is 0.168 e. The molecule has 0 unspecified atom stereocenters. The van der Waals surface area contributed by atoms with E-state index in [1.54, 1.807) is 6.92 Å². The Morgan fingerprint density at radius 2 is 1.94 bits per heavy atom. The lowest BCUT2D eigenvalue weighted by molar-refractivity contribution is -0.115. The zero-order chi connectivity index (χ0) is 12.3. The molecule has 1 aliphatic rings. The van der Waals surface area contributed by atoms with E-state index >= 15 is 0 Å². The van der Waals surface area contributed by atoms with Crippen LogP contribution in [0.1, 0.15) is 26.2 Å². The van der Waals surface area contributed by atoms with E-state index in [-0.39, 0.29) is 11.5 Å². The third kappa shape index (κ3) is 2.61. The van der Waals surface area contributed by atoms with Crippen LogP contribution < -0.4 is 0 Å². The van der Waals surface area contributed by atoms with Crippen molar-refractivity contribution in [2.75, 3.05) is 0 Å². The number of rotatable bonds is 2. The largest absolute Gasteiger partial charge is 0.511 e. The van der Waals surface area contributed by atoms with Crippen LogP contribution in [0, 0.1) is 0 Å². The van der Waals surface area contributed by atoms with Gasteiger partial charge in [0.1, 0.15) is 5.76 Å². The number of Topliss-reactive ketones (excluding diaryl/α,β-unsaturated/α-hetero) is 1. The maximum atomic E-state index is 11.7. The van der Waals surface area contributed by atoms with Gasteiger partial charge in [0.2, 0.25) is 0 Å². The number of nitrogens with zero attached hydrogens (tertiary/aromatic N) is 1. The number of allylic oxidation sites excluding steroid dienone is 2. The van der Waals surface area contributed by atoms with Crippen LogP contribution in [-0.4, -0.2) is 16.6 Å². The molecular weight excluding hydrogens is 214 g/mol. The van der Waals surface area contributed by atoms with Gasteiger partial charge in [-0.3, -0.25) is 9.79 Å². The molecule has 88 valence electrons. The molecular formula is C14H15NO2. The summed E-state index contributed by atoms with van der Waals surface area (Å²) in [6.45, 7) is 1.77. The van der Waals surface area contributed by atoms with Crippen molar-refractivity contribution < 1.29 is 9.90 Å². The summed E-state index contributed by atoms with van der Waals surface area (Å²) in [5, 5.41) is 9.77. The average molecular weight is 229 g/mol. The molecule has 1 aromatic carbocycles. The standard InChI is InChI=1S/C14H15NO2/c1-10(15-11-6-3-2-4-7-11)14-12(16)8-5-9-13(14)17/h2-4,6-7,16H,5,8-9H2,1H3. The van der Waals surface area contributed by atoms with Crippen molar-refractivity contribution in [2.24, 2.45) is 4.99 Å². The van der Waals surface area contributed by atoms with Crippen LogP contribution in [0.5, 0.6) is 0 Å². The summed E-state index contributed by atoms with van der Waals surface area (Å²) in [6.07, 6.45) is 1.80. The molecule has 0 aromatic heterocycles. The van der Waals surface area contributed by atoms with Gasteiger partial charge in [-0.2, -0.15) is 0 Å². The molecule has 0 bridgehead atoms. The molecule has 2 rings (SSSR count). The van der Waals surface area contributed by atoms with Crippen molar-refractivity contribution in [2.45, 2.75) is 26.2 Å². The first-order valence-corrected chi connectivity index (χ1v) is 5.74. The molecule has 0 fully saturated rings. The Kier molecular flexibility index (Phi) is 3.38. The second kappa shape index (κ2) is 4.95. The summed E-state index contributed by atoms with van der Waals surface area (Å²) in [5.41, 5.74) is 1.79. The SMILES string of the molecule is CC(=Nc1ccccc1)C1=C(O)CCCC1=O. The number of ketones is 1. The van der Waals surface area contributed by atoms with Crippen LogP contribution in [0.3, 0.4) is 0 Å². The summed E-state index contributed by atoms with van der Waals surface area (Å²) < 4.78 is 0. The van der Waals surface area contributed by atoms with Gasteiger partial charge in [0, 0.05) is 12.8 Å². The molecule has 0 saturated carbocycles. The van der Waals surface area contributed by atoms with Crippen LogP contribution >= 0.6 is 0 Å². The van der Waals surface area contributed by atoms with E-state index in [2.05, 4.69) is 4.99 Å². The Morgan fingerprint density at radius 1 is 1.24 bits per heavy atom. The minimum Gasteiger partial charge on any atom is -0.511 e. The van der Waals surface area contributed by atoms with Gasteiger partial charge in [0.15, 0.2) is 5.78 Å². The van der Waals surface area contributed by atoms with Crippen LogP contribution in [0.2, 0.25) is 0 Å². The lowest BCUT2D eigenvalue weighted by atomic mass is 9.93. The molecule has 1 N–H and O–H groups in total. The highest BCUT2D eigenvalue weighted by atomic mass is 16.3. The lowest BCUT2D eigenvalue weighted by Crippen LogP contribution is -2.17. The van der Waals surface area contributed by atoms with E-state index in [9.17, 15) is 9.90 Å². The normalized spacial score (nSPS) is 17.5. The van der Waals surface area contributed by atoms with Gasteiger partial charge < -0.3 is 5.11 Å². The summed E-state index contributed by atoms with van der Waals surface area (Å²) >= 11 is 0. The van der Waals surface area contributed by atoms with E-state index in [4.69, 9.17) is 0 Å². The molecule has 1 aromatic rings. The van der Waals surface area contributed by atoms with E-state index < -0.39 is 0 Å². The predicted octanol–water partition coefficient (Wildman–Crippen LogP) is 3.34. The third-order valence-corrected chi connectivity index (χ3v) is 2.80. The molecule has 0 radical (unpaired) electrons. The molecule has 0 heterocycles. The highest BCUT2D eigenvalue weighted by Crippen LogP contribution is 2.22. The fourth-order valence-electron chi connectivity index (χ4n) is 1.99. The van der Waals surface area contributed by atoms with Crippen molar-refractivity contribution >= 4 is 17.2 Å². The number of benzene rings is 1. The molecule has 0 spiro atoms. The number of carbonyl (C=O) groups is 1. The second-order valence-corrected chi connectivity index (χ2v) is 4.13. The van der Waals surface area contributed by atoms with Crippen LogP contribution in [0.4, 0.5) is 5.69 Å². The lowest BCUT2D eigenvalue weighted by Gasteiger charge is -2.14. The Hall–Kier alpha value is -1.90. The highest BCUT2D eigenvalue weighted by molar-refractivity contribution is 6.22. The summed E-state index contributed by atoms with van der Waals surface area (Å²) in [7, 11) is 0. The quantitative estimate of drug-likeness (QED) is 0.790. The molecule has 17 heavy (non-hydrogen) atoms. The average Bonchev–Trinajstić information content (AvgIpc) is 2.30. The Balaban J connectivity index is 2.34. The Bertz CT molecular complexity index is 486. The Labute approximate surface area is 101 Å². The fourth-order valence-corrected chi connectivity index (χ4v) is 1.99. The third-order valence-electron chi connectivity index (χ3n) is 2.80. The highest BCUT2D eigenvalue weighted by Gasteiger charge is 2.22. The molecule has 0 saturated heterocycles. The smallest absolute Gasteiger partial charge is 0.168 e. The van der Waals surface area contributed by atoms with Gasteiger partial charge >= 0.3 is 0 Å². The van der Waals surface area contributed by atoms with E-state index in [0.29, 0.717) is 24.1 Å². The van der Waals surface area contributed by atoms with Crippen molar-refractivity contribution in [3.8, 4) is 0 Å². The molecule has 0 amide bonds. The molecule has 1 aliphatic carbocycles. The van der Waals surface area contributed by atoms with Gasteiger partial charge in [0.25, 0.3) is 0 Å². The van der Waals surface area contributed by atoms with Gasteiger partial charge in [-0.1, -0.05) is 18.2 Å². The molecule has 3 nitrogen and oxygen atoms in total. The molecule has 0 aliphatic heterocycles. The second-order valence-electron chi connectivity index (χ2n) is 4.13. The minimum atomic E-state index is -0.00840. The summed E-state index contributed by atoms with van der Waals surface area (Å²) in [6, 6.07) is 9.44. The van der Waals surface area contributed by atoms with Gasteiger partial charge in [0.05, 0.1) is 17.0 Å². The van der Waals surface area contributed by atoms with Gasteiger partial charge in [-0.05, 0) is 25.5 Å². The first kappa shape index (κ1) is 11.6. The van der Waals surface area contributed by atoms with Crippen molar-refractivity contribution in [1.29, 1.82) is 0 Å². The van der Waals surface area contributed by atoms with Gasteiger partial charge in [-0.25, -0.2) is 0 Å². The topological polar surface area (TPSA) is 49.7 Å². The predicted molar refractivity (Wildman–Crippen MR) is 67.7 cm³/mol. The van der Waals surface area contributed by atoms with Crippen molar-refractivity contribution in [3.05, 3.63) is 41.7 Å². The van der Waals surface area contributed by atoms with Crippen LogP contribution in [0.25, 0.3) is 0 Å². The zero-order valence-corrected chi connectivity index (χ0v) is 9.81.